The molecule has 2 aromatic carbocycles. The smallest absolute Gasteiger partial charge is 0.0963 e. The molecule has 3 rings (SSSR count). The minimum absolute atomic E-state index is 0.223. The Morgan fingerprint density at radius 1 is 1.13 bits per heavy atom. The lowest BCUT2D eigenvalue weighted by Crippen LogP contribution is -2.26. The number of thioether (sulfide) groups is 1. The van der Waals surface area contributed by atoms with E-state index in [2.05, 4.69) is 41.3 Å². The van der Waals surface area contributed by atoms with Crippen molar-refractivity contribution in [3.8, 4) is 0 Å². The number of hydrogen-bond acceptors (Lipinski definition) is 6. The molecule has 0 fully saturated rings. The van der Waals surface area contributed by atoms with E-state index in [0.717, 1.165) is 21.8 Å². The minimum atomic E-state index is -1.63. The number of fused-ring (bicyclic) bond motifs is 1. The van der Waals surface area contributed by atoms with Crippen LogP contribution in [0, 0.1) is 0 Å². The minimum Gasteiger partial charge on any atom is -0.248 e. The number of benzene rings is 2. The van der Waals surface area contributed by atoms with Gasteiger partial charge in [-0.25, -0.2) is 9.71 Å². The van der Waals surface area contributed by atoms with Crippen LogP contribution < -0.4 is 4.72 Å². The predicted molar refractivity (Wildman–Crippen MR) is 114 cm³/mol. The summed E-state index contributed by atoms with van der Waals surface area (Å²) in [6.07, 6.45) is 2.97. The third-order valence-corrected chi connectivity index (χ3v) is 8.85. The van der Waals surface area contributed by atoms with Crippen LogP contribution in [0.15, 0.2) is 59.5 Å². The van der Waals surface area contributed by atoms with Gasteiger partial charge >= 0.3 is 0 Å². The lowest BCUT2D eigenvalue weighted by atomic mass is 10.3. The molecule has 23 heavy (non-hydrogen) atoms. The Bertz CT molecular complexity index is 739. The number of thiol groups is 2. The van der Waals surface area contributed by atoms with Crippen molar-refractivity contribution in [2.24, 2.45) is 0 Å². The highest BCUT2D eigenvalue weighted by Crippen LogP contribution is 2.61. The molecule has 0 saturated carbocycles. The second kappa shape index (κ2) is 7.72. The molecule has 1 N–H and O–H groups in total. The van der Waals surface area contributed by atoms with E-state index >= 15 is 0 Å². The monoisotopic (exact) mass is 398 g/mol. The Kier molecular flexibility index (Phi) is 5.87. The summed E-state index contributed by atoms with van der Waals surface area (Å²) in [5.74, 6) is 0. The summed E-state index contributed by atoms with van der Waals surface area (Å²) in [5, 5.41) is 1.36. The summed E-state index contributed by atoms with van der Waals surface area (Å²) >= 11 is 13.1. The summed E-state index contributed by atoms with van der Waals surface area (Å²) in [6, 6.07) is 18.5. The van der Waals surface area contributed by atoms with Crippen LogP contribution in [-0.4, -0.2) is 16.6 Å². The first-order valence-electron chi connectivity index (χ1n) is 7.06. The normalized spacial score (nSPS) is 14.0. The second-order valence-corrected chi connectivity index (χ2v) is 13.1. The Morgan fingerprint density at radius 2 is 1.83 bits per heavy atom. The molecular formula is C16H18N2S5. The summed E-state index contributed by atoms with van der Waals surface area (Å²) < 4.78 is 4.83. The van der Waals surface area contributed by atoms with Gasteiger partial charge in [-0.15, -0.1) is 46.4 Å². The lowest BCUT2D eigenvalue weighted by Gasteiger charge is -2.33. The first-order chi connectivity index (χ1) is 11.1. The van der Waals surface area contributed by atoms with Crippen molar-refractivity contribution in [3.63, 3.8) is 0 Å². The van der Waals surface area contributed by atoms with Gasteiger partial charge in [-0.2, -0.15) is 0 Å². The quantitative estimate of drug-likeness (QED) is 0.287. The number of para-hydroxylation sites is 1. The molecule has 1 heterocycles. The zero-order valence-electron chi connectivity index (χ0n) is 12.5. The molecule has 0 saturated heterocycles. The van der Waals surface area contributed by atoms with Gasteiger partial charge in [0.1, 0.15) is 0 Å². The number of rotatable bonds is 6. The van der Waals surface area contributed by atoms with Gasteiger partial charge in [0.2, 0.25) is 0 Å². The van der Waals surface area contributed by atoms with Gasteiger partial charge in [-0.1, -0.05) is 38.6 Å². The maximum atomic E-state index is 4.79. The molecule has 0 spiro atoms. The molecule has 0 amide bonds. The van der Waals surface area contributed by atoms with Crippen LogP contribution >= 0.6 is 54.7 Å². The zero-order valence-corrected chi connectivity index (χ0v) is 16.8. The molecule has 3 aromatic rings. The number of thiazole rings is 1. The molecule has 0 aliphatic carbocycles. The Hall–Kier alpha value is -0.310. The highest BCUT2D eigenvalue weighted by atomic mass is 33.5. The largest absolute Gasteiger partial charge is 0.248 e. The molecule has 2 nitrogen and oxygen atoms in total. The Labute approximate surface area is 156 Å². The van der Waals surface area contributed by atoms with E-state index in [4.69, 9.17) is 28.3 Å². The number of aromatic nitrogens is 1. The molecule has 122 valence electrons. The number of nitrogens with zero attached hydrogens (tertiary/aromatic N) is 1. The molecule has 0 aliphatic heterocycles. The molecule has 1 unspecified atom stereocenters. The van der Waals surface area contributed by atoms with Crippen LogP contribution in [0.1, 0.15) is 5.01 Å². The first kappa shape index (κ1) is 17.5. The maximum Gasteiger partial charge on any atom is 0.0963 e. The zero-order chi connectivity index (χ0) is 16.3. The van der Waals surface area contributed by atoms with E-state index in [1.807, 2.05) is 24.3 Å². The van der Waals surface area contributed by atoms with E-state index in [0.29, 0.717) is 0 Å². The van der Waals surface area contributed by atoms with Crippen molar-refractivity contribution in [1.82, 2.24) is 9.71 Å². The van der Waals surface area contributed by atoms with Gasteiger partial charge in [-0.3, -0.25) is 0 Å². The fraction of sp³-hybridized carbons (Fsp3) is 0.188. The van der Waals surface area contributed by atoms with Crippen LogP contribution in [-0.2, 0) is 6.42 Å². The molecule has 7 heteroatoms. The highest BCUT2D eigenvalue weighted by molar-refractivity contribution is 9.17. The summed E-state index contributed by atoms with van der Waals surface area (Å²) in [4.78, 5) is 5.85. The fourth-order valence-electron chi connectivity index (χ4n) is 2.20. The van der Waals surface area contributed by atoms with Crippen molar-refractivity contribution in [2.75, 3.05) is 6.26 Å². The van der Waals surface area contributed by atoms with Crippen LogP contribution in [0.4, 0.5) is 0 Å². The topological polar surface area (TPSA) is 24.9 Å². The third kappa shape index (κ3) is 4.41. The van der Waals surface area contributed by atoms with Gasteiger partial charge in [0, 0.05) is 11.3 Å². The van der Waals surface area contributed by atoms with Crippen molar-refractivity contribution >= 4 is 64.9 Å². The predicted octanol–water partition coefficient (Wildman–Crippen LogP) is 5.59. The highest BCUT2D eigenvalue weighted by Gasteiger charge is 2.22. The van der Waals surface area contributed by atoms with Gasteiger partial charge in [0.25, 0.3) is 0 Å². The van der Waals surface area contributed by atoms with E-state index in [9.17, 15) is 0 Å². The van der Waals surface area contributed by atoms with Gasteiger partial charge in [0.05, 0.1) is 20.6 Å². The maximum absolute atomic E-state index is 4.79. The van der Waals surface area contributed by atoms with Crippen molar-refractivity contribution < 1.29 is 0 Å². The number of nitrogens with one attached hydrogen (secondary N) is 1. The van der Waals surface area contributed by atoms with Crippen molar-refractivity contribution in [2.45, 2.75) is 16.7 Å². The molecule has 1 atom stereocenters. The summed E-state index contributed by atoms with van der Waals surface area (Å²) in [7, 11) is -1.63. The second-order valence-electron chi connectivity index (χ2n) is 4.98. The van der Waals surface area contributed by atoms with Crippen LogP contribution in [0.25, 0.3) is 10.2 Å². The van der Waals surface area contributed by atoms with Crippen LogP contribution in [0.3, 0.4) is 0 Å². The molecule has 0 aliphatic rings. The molecule has 1 aromatic heterocycles. The van der Waals surface area contributed by atoms with Crippen LogP contribution in [0.5, 0.6) is 0 Å². The Morgan fingerprint density at radius 3 is 2.52 bits per heavy atom. The standard InChI is InChI=1S/C16H18N2S5/c1-21-16(18-23(19,20)12-7-3-2-4-8-12)11-15-17-13-9-5-6-10-14(13)22-15/h2-10,16,18-20H,11H2,1H3. The van der Waals surface area contributed by atoms with E-state index in [-0.39, 0.29) is 5.37 Å². The van der Waals surface area contributed by atoms with Crippen molar-refractivity contribution in [1.29, 1.82) is 0 Å². The van der Waals surface area contributed by atoms with E-state index < -0.39 is 8.28 Å². The average molecular weight is 399 g/mol. The fourth-order valence-corrected chi connectivity index (χ4v) is 7.51. The van der Waals surface area contributed by atoms with Gasteiger partial charge in [-0.05, 0) is 30.5 Å². The molecule has 0 radical (unpaired) electrons. The third-order valence-electron chi connectivity index (χ3n) is 3.35. The molecule has 0 bridgehead atoms. The number of hydrogen-bond donors (Lipinski definition) is 3. The van der Waals surface area contributed by atoms with E-state index in [1.54, 1.807) is 23.1 Å². The average Bonchev–Trinajstić information content (AvgIpc) is 2.97. The van der Waals surface area contributed by atoms with Gasteiger partial charge < -0.3 is 0 Å². The SMILES string of the molecule is CSC(Cc1nc2ccccc2s1)NS(S)(S)c1ccccc1. The van der Waals surface area contributed by atoms with Crippen molar-refractivity contribution in [3.05, 3.63) is 59.6 Å². The van der Waals surface area contributed by atoms with Crippen LogP contribution in [0.2, 0.25) is 0 Å². The molecular weight excluding hydrogens is 381 g/mol. The Balaban J connectivity index is 1.75. The lowest BCUT2D eigenvalue weighted by molar-refractivity contribution is 0.837. The summed E-state index contributed by atoms with van der Waals surface area (Å²) in [6.45, 7) is 0. The van der Waals surface area contributed by atoms with Gasteiger partial charge in [0.15, 0.2) is 0 Å². The first-order valence-corrected chi connectivity index (χ1v) is 12.9. The summed E-state index contributed by atoms with van der Waals surface area (Å²) in [5.41, 5.74) is 1.07. The van der Waals surface area contributed by atoms with E-state index in [1.165, 1.54) is 4.70 Å².